The second-order valence-corrected chi connectivity index (χ2v) is 13.3. The van der Waals surface area contributed by atoms with Crippen LogP contribution in [0.25, 0.3) is 0 Å². The molecule has 0 N–H and O–H groups in total. The summed E-state index contributed by atoms with van der Waals surface area (Å²) in [5.41, 5.74) is 2.80. The van der Waals surface area contributed by atoms with Gasteiger partial charge < -0.3 is 8.85 Å². The first-order chi connectivity index (χ1) is 9.66. The number of hydrogen-bond donors (Lipinski definition) is 0. The molecular formula is C18H28O2Si. The Morgan fingerprint density at radius 3 is 2.19 bits per heavy atom. The van der Waals surface area contributed by atoms with Crippen molar-refractivity contribution in [2.24, 2.45) is 0 Å². The third-order valence-electron chi connectivity index (χ3n) is 4.98. The molecule has 116 valence electrons. The van der Waals surface area contributed by atoms with Crippen molar-refractivity contribution < 1.29 is 8.85 Å². The minimum atomic E-state index is -2.33. The van der Waals surface area contributed by atoms with Crippen molar-refractivity contribution in [3.8, 4) is 0 Å². The summed E-state index contributed by atoms with van der Waals surface area (Å²) >= 11 is 0. The van der Waals surface area contributed by atoms with Gasteiger partial charge in [0.15, 0.2) is 0 Å². The van der Waals surface area contributed by atoms with Gasteiger partial charge >= 0.3 is 8.56 Å². The molecule has 2 aliphatic rings. The summed E-state index contributed by atoms with van der Waals surface area (Å²) in [6.45, 7) is 13.7. The van der Waals surface area contributed by atoms with Gasteiger partial charge in [0.1, 0.15) is 0 Å². The number of hydrogen-bond acceptors (Lipinski definition) is 2. The zero-order valence-electron chi connectivity index (χ0n) is 14.2. The first-order valence-corrected chi connectivity index (χ1v) is 9.91. The summed E-state index contributed by atoms with van der Waals surface area (Å²) in [6.07, 6.45) is 2.58. The van der Waals surface area contributed by atoms with Crippen molar-refractivity contribution in [3.63, 3.8) is 0 Å². The Bertz CT molecular complexity index is 525. The zero-order valence-corrected chi connectivity index (χ0v) is 15.2. The highest BCUT2D eigenvalue weighted by Gasteiger charge is 2.65. The summed E-state index contributed by atoms with van der Waals surface area (Å²) in [4.78, 5) is 0. The maximum Gasteiger partial charge on any atom is 0.350 e. The monoisotopic (exact) mass is 304 g/mol. The fourth-order valence-corrected chi connectivity index (χ4v) is 9.22. The highest BCUT2D eigenvalue weighted by Crippen LogP contribution is 2.59. The first kappa shape index (κ1) is 15.3. The minimum absolute atomic E-state index is 0.0670. The molecule has 0 saturated carbocycles. The average Bonchev–Trinajstić information content (AvgIpc) is 2.79. The van der Waals surface area contributed by atoms with Crippen molar-refractivity contribution in [2.45, 2.75) is 76.7 Å². The van der Waals surface area contributed by atoms with Crippen LogP contribution in [-0.2, 0) is 15.3 Å². The third kappa shape index (κ3) is 2.21. The van der Waals surface area contributed by atoms with E-state index in [1.807, 2.05) is 0 Å². The van der Waals surface area contributed by atoms with Crippen LogP contribution < -0.4 is 0 Å². The molecule has 2 nitrogen and oxygen atoms in total. The van der Waals surface area contributed by atoms with Gasteiger partial charge in [0.05, 0.1) is 12.2 Å². The Balaban J connectivity index is 2.04. The largest absolute Gasteiger partial charge is 0.387 e. The molecule has 1 aliphatic heterocycles. The average molecular weight is 305 g/mol. The molecule has 0 bridgehead atoms. The molecule has 1 aliphatic carbocycles. The van der Waals surface area contributed by atoms with Crippen LogP contribution in [0.2, 0.25) is 10.1 Å². The molecule has 3 heteroatoms. The molecule has 0 spiro atoms. The van der Waals surface area contributed by atoms with Gasteiger partial charge in [0.2, 0.25) is 0 Å². The summed E-state index contributed by atoms with van der Waals surface area (Å²) in [7, 11) is -2.33. The number of rotatable bonds is 0. The Morgan fingerprint density at radius 1 is 0.952 bits per heavy atom. The molecule has 2 atom stereocenters. The van der Waals surface area contributed by atoms with E-state index in [1.165, 1.54) is 11.1 Å². The van der Waals surface area contributed by atoms with Crippen molar-refractivity contribution in [3.05, 3.63) is 35.4 Å². The smallest absolute Gasteiger partial charge is 0.350 e. The Morgan fingerprint density at radius 2 is 1.57 bits per heavy atom. The predicted molar refractivity (Wildman–Crippen MR) is 88.6 cm³/mol. The Hall–Kier alpha value is -0.643. The third-order valence-corrected chi connectivity index (χ3v) is 10.2. The van der Waals surface area contributed by atoms with Crippen molar-refractivity contribution in [2.75, 3.05) is 0 Å². The van der Waals surface area contributed by atoms with Crippen LogP contribution >= 0.6 is 0 Å². The van der Waals surface area contributed by atoms with Crippen molar-refractivity contribution in [1.29, 1.82) is 0 Å². The molecule has 3 rings (SSSR count). The Kier molecular flexibility index (Phi) is 3.40. The second-order valence-electron chi connectivity index (χ2n) is 8.55. The Labute approximate surface area is 130 Å². The van der Waals surface area contributed by atoms with E-state index in [4.69, 9.17) is 8.85 Å². The van der Waals surface area contributed by atoms with E-state index in [2.05, 4.69) is 65.8 Å². The topological polar surface area (TPSA) is 18.5 Å². The fraction of sp³-hybridized carbons (Fsp3) is 0.667. The molecule has 21 heavy (non-hydrogen) atoms. The van der Waals surface area contributed by atoms with E-state index in [9.17, 15) is 0 Å². The van der Waals surface area contributed by atoms with E-state index in [0.29, 0.717) is 0 Å². The summed E-state index contributed by atoms with van der Waals surface area (Å²) in [6, 6.07) is 8.73. The molecule has 0 amide bonds. The fourth-order valence-electron chi connectivity index (χ4n) is 4.20. The summed E-state index contributed by atoms with van der Waals surface area (Å²) < 4.78 is 13.6. The highest BCUT2D eigenvalue weighted by atomic mass is 28.4. The molecule has 1 aromatic carbocycles. The maximum atomic E-state index is 6.82. The SMILES string of the molecule is CC(C)(C)[Si]1(C(C)(C)C)O[C@H]2CCc3ccccc3[C@H]2O1. The van der Waals surface area contributed by atoms with Crippen LogP contribution in [0, 0.1) is 0 Å². The van der Waals surface area contributed by atoms with E-state index >= 15 is 0 Å². The van der Waals surface area contributed by atoms with E-state index in [0.717, 1.165) is 12.8 Å². The second kappa shape index (κ2) is 4.67. The maximum absolute atomic E-state index is 6.82. The van der Waals surface area contributed by atoms with E-state index in [-0.39, 0.29) is 22.3 Å². The lowest BCUT2D eigenvalue weighted by molar-refractivity contribution is 0.138. The number of fused-ring (bicyclic) bond motifs is 3. The highest BCUT2D eigenvalue weighted by molar-refractivity contribution is 6.74. The van der Waals surface area contributed by atoms with Gasteiger partial charge in [-0.05, 0) is 24.0 Å². The zero-order chi connectivity index (χ0) is 15.5. The van der Waals surface area contributed by atoms with E-state index in [1.54, 1.807) is 0 Å². The van der Waals surface area contributed by atoms with Gasteiger partial charge in [-0.3, -0.25) is 0 Å². The van der Waals surface area contributed by atoms with Gasteiger partial charge in [0.25, 0.3) is 0 Å². The molecule has 1 fully saturated rings. The quantitative estimate of drug-likeness (QED) is 0.618. The lowest BCUT2D eigenvalue weighted by Gasteiger charge is -2.45. The van der Waals surface area contributed by atoms with Crippen molar-refractivity contribution in [1.82, 2.24) is 0 Å². The van der Waals surface area contributed by atoms with Crippen LogP contribution in [0.15, 0.2) is 24.3 Å². The van der Waals surface area contributed by atoms with Gasteiger partial charge in [-0.2, -0.15) is 0 Å². The standard InChI is InChI=1S/C18H28O2Si/c1-17(2,3)21(18(4,5)6)19-15-12-11-13-9-7-8-10-14(13)16(15)20-21/h7-10,15-16H,11-12H2,1-6H3/t15-,16+/m0/s1. The number of benzene rings is 1. The van der Waals surface area contributed by atoms with Crippen LogP contribution in [0.5, 0.6) is 0 Å². The number of aryl methyl sites for hydroxylation is 1. The van der Waals surface area contributed by atoms with Crippen molar-refractivity contribution >= 4 is 8.56 Å². The van der Waals surface area contributed by atoms with Gasteiger partial charge in [-0.25, -0.2) is 0 Å². The molecular weight excluding hydrogens is 276 g/mol. The molecule has 0 aromatic heterocycles. The van der Waals surface area contributed by atoms with E-state index < -0.39 is 8.56 Å². The summed E-state index contributed by atoms with van der Waals surface area (Å²) in [5, 5.41) is 0.134. The molecule has 1 aromatic rings. The van der Waals surface area contributed by atoms with Crippen LogP contribution in [-0.4, -0.2) is 14.7 Å². The summed E-state index contributed by atoms with van der Waals surface area (Å²) in [5.74, 6) is 0. The first-order valence-electron chi connectivity index (χ1n) is 8.09. The molecule has 0 unspecified atom stereocenters. The normalized spacial score (nSPS) is 28.1. The molecule has 0 radical (unpaired) electrons. The molecule has 1 heterocycles. The lowest BCUT2D eigenvalue weighted by Crippen LogP contribution is -2.54. The predicted octanol–water partition coefficient (Wildman–Crippen LogP) is 5.13. The van der Waals surface area contributed by atoms with Crippen LogP contribution in [0.4, 0.5) is 0 Å². The van der Waals surface area contributed by atoms with Crippen LogP contribution in [0.1, 0.15) is 65.2 Å². The van der Waals surface area contributed by atoms with Gasteiger partial charge in [0, 0.05) is 10.1 Å². The minimum Gasteiger partial charge on any atom is -0.387 e. The lowest BCUT2D eigenvalue weighted by atomic mass is 9.88. The molecule has 1 saturated heterocycles. The van der Waals surface area contributed by atoms with Gasteiger partial charge in [-0.15, -0.1) is 0 Å². The van der Waals surface area contributed by atoms with Gasteiger partial charge in [-0.1, -0.05) is 65.8 Å². The van der Waals surface area contributed by atoms with Crippen LogP contribution in [0.3, 0.4) is 0 Å².